The van der Waals surface area contributed by atoms with E-state index >= 15 is 0 Å². The lowest BCUT2D eigenvalue weighted by molar-refractivity contribution is 0.0792. The molecule has 0 saturated carbocycles. The molecule has 2 rings (SSSR count). The molecule has 0 radical (unpaired) electrons. The van der Waals surface area contributed by atoms with Gasteiger partial charge in [-0.25, -0.2) is 0 Å². The third kappa shape index (κ3) is 6.20. The molecule has 1 saturated heterocycles. The second-order valence-corrected chi connectivity index (χ2v) is 6.55. The zero-order valence-corrected chi connectivity index (χ0v) is 14.5. The minimum atomic E-state index is -0.103. The number of rotatable bonds is 5. The van der Waals surface area contributed by atoms with Crippen molar-refractivity contribution in [2.45, 2.75) is 51.9 Å². The van der Waals surface area contributed by atoms with Gasteiger partial charge in [-0.15, -0.1) is 0 Å². The van der Waals surface area contributed by atoms with Crippen molar-refractivity contribution in [1.82, 2.24) is 15.5 Å². The van der Waals surface area contributed by atoms with Crippen LogP contribution in [0.4, 0.5) is 0 Å². The Bertz CT molecular complexity index is 490. The van der Waals surface area contributed by atoms with Gasteiger partial charge in [-0.3, -0.25) is 9.89 Å². The number of aliphatic hydroxyl groups excluding tert-OH is 1. The van der Waals surface area contributed by atoms with Crippen LogP contribution in [0.2, 0.25) is 0 Å². The number of likely N-dealkylation sites (tertiary alicyclic amines) is 1. The van der Waals surface area contributed by atoms with Crippen LogP contribution in [-0.4, -0.2) is 48.2 Å². The molecule has 0 atom stereocenters. The Balaban J connectivity index is 1.80. The maximum atomic E-state index is 9.56. The number of hydrogen-bond acceptors (Lipinski definition) is 3. The molecule has 3 N–H and O–H groups in total. The van der Waals surface area contributed by atoms with Crippen LogP contribution in [0.3, 0.4) is 0 Å². The van der Waals surface area contributed by atoms with Gasteiger partial charge in [0.05, 0.1) is 6.10 Å². The first-order valence-corrected chi connectivity index (χ1v) is 8.52. The summed E-state index contributed by atoms with van der Waals surface area (Å²) in [6, 6.07) is 9.10. The summed E-state index contributed by atoms with van der Waals surface area (Å²) in [5.74, 6) is 0.830. The van der Waals surface area contributed by atoms with E-state index in [1.54, 1.807) is 7.05 Å². The van der Waals surface area contributed by atoms with Gasteiger partial charge in [0.15, 0.2) is 5.96 Å². The Labute approximate surface area is 139 Å². The van der Waals surface area contributed by atoms with Gasteiger partial charge in [0, 0.05) is 39.3 Å². The SMILES string of the molecule is CN=C(NCc1ccc(CN2CCC(O)CC2)cc1)NC(C)C. The van der Waals surface area contributed by atoms with Gasteiger partial charge in [0.25, 0.3) is 0 Å². The number of hydrogen-bond donors (Lipinski definition) is 3. The number of guanidine groups is 1. The fraction of sp³-hybridized carbons (Fsp3) is 0.611. The third-order valence-electron chi connectivity index (χ3n) is 4.10. The molecule has 1 fully saturated rings. The summed E-state index contributed by atoms with van der Waals surface area (Å²) in [5, 5.41) is 16.2. The number of piperidine rings is 1. The van der Waals surface area contributed by atoms with Crippen LogP contribution >= 0.6 is 0 Å². The molecule has 0 bridgehead atoms. The first-order chi connectivity index (χ1) is 11.1. The van der Waals surface area contributed by atoms with E-state index in [9.17, 15) is 5.11 Å². The summed E-state index contributed by atoms with van der Waals surface area (Å²) in [6.45, 7) is 7.91. The minimum Gasteiger partial charge on any atom is -0.393 e. The van der Waals surface area contributed by atoms with E-state index in [2.05, 4.69) is 58.6 Å². The topological polar surface area (TPSA) is 59.9 Å². The van der Waals surface area contributed by atoms with Crippen molar-refractivity contribution < 1.29 is 5.11 Å². The van der Waals surface area contributed by atoms with Crippen molar-refractivity contribution in [3.8, 4) is 0 Å². The summed E-state index contributed by atoms with van der Waals surface area (Å²) in [4.78, 5) is 6.62. The zero-order valence-electron chi connectivity index (χ0n) is 14.5. The van der Waals surface area contributed by atoms with E-state index in [0.717, 1.165) is 45.0 Å². The normalized spacial score (nSPS) is 17.5. The Morgan fingerprint density at radius 3 is 2.39 bits per heavy atom. The van der Waals surface area contributed by atoms with Gasteiger partial charge < -0.3 is 15.7 Å². The largest absolute Gasteiger partial charge is 0.393 e. The molecule has 0 amide bonds. The highest BCUT2D eigenvalue weighted by Crippen LogP contribution is 2.14. The van der Waals surface area contributed by atoms with E-state index in [-0.39, 0.29) is 6.10 Å². The molecule has 5 heteroatoms. The number of benzene rings is 1. The van der Waals surface area contributed by atoms with Gasteiger partial charge in [-0.05, 0) is 37.8 Å². The van der Waals surface area contributed by atoms with Gasteiger partial charge in [-0.1, -0.05) is 24.3 Å². The standard InChI is InChI=1S/C18H30N4O/c1-14(2)21-18(19-3)20-12-15-4-6-16(7-5-15)13-22-10-8-17(23)9-11-22/h4-7,14,17,23H,8-13H2,1-3H3,(H2,19,20,21). The minimum absolute atomic E-state index is 0.103. The van der Waals surface area contributed by atoms with Crippen LogP contribution < -0.4 is 10.6 Å². The highest BCUT2D eigenvalue weighted by atomic mass is 16.3. The Hall–Kier alpha value is -1.59. The number of aliphatic imine (C=N–C) groups is 1. The third-order valence-corrected chi connectivity index (χ3v) is 4.10. The lowest BCUT2D eigenvalue weighted by Gasteiger charge is -2.29. The van der Waals surface area contributed by atoms with Crippen molar-refractivity contribution in [3.05, 3.63) is 35.4 Å². The van der Waals surface area contributed by atoms with Crippen LogP contribution in [0.1, 0.15) is 37.8 Å². The molecule has 1 aliphatic heterocycles. The van der Waals surface area contributed by atoms with Crippen molar-refractivity contribution in [1.29, 1.82) is 0 Å². The molecule has 23 heavy (non-hydrogen) atoms. The lowest BCUT2D eigenvalue weighted by atomic mass is 10.1. The first-order valence-electron chi connectivity index (χ1n) is 8.52. The number of aliphatic hydroxyl groups is 1. The molecule has 1 aromatic rings. The van der Waals surface area contributed by atoms with Crippen LogP contribution in [-0.2, 0) is 13.1 Å². The molecular weight excluding hydrogens is 288 g/mol. The molecule has 0 aliphatic carbocycles. The molecule has 0 aromatic heterocycles. The van der Waals surface area contributed by atoms with E-state index in [0.29, 0.717) is 6.04 Å². The van der Waals surface area contributed by atoms with E-state index in [1.807, 2.05) is 0 Å². The summed E-state index contributed by atoms with van der Waals surface area (Å²) in [5.41, 5.74) is 2.57. The average Bonchev–Trinajstić information content (AvgIpc) is 2.54. The van der Waals surface area contributed by atoms with Crippen LogP contribution in [0.25, 0.3) is 0 Å². The Morgan fingerprint density at radius 2 is 1.83 bits per heavy atom. The molecule has 128 valence electrons. The quantitative estimate of drug-likeness (QED) is 0.571. The average molecular weight is 318 g/mol. The molecule has 1 heterocycles. The van der Waals surface area contributed by atoms with Gasteiger partial charge in [-0.2, -0.15) is 0 Å². The summed E-state index contributed by atoms with van der Waals surface area (Å²) >= 11 is 0. The fourth-order valence-corrected chi connectivity index (χ4v) is 2.75. The lowest BCUT2D eigenvalue weighted by Crippen LogP contribution is -2.40. The van der Waals surface area contributed by atoms with Crippen molar-refractivity contribution in [3.63, 3.8) is 0 Å². The first kappa shape index (κ1) is 17.8. The maximum absolute atomic E-state index is 9.56. The van der Waals surface area contributed by atoms with Crippen LogP contribution in [0.5, 0.6) is 0 Å². The highest BCUT2D eigenvalue weighted by molar-refractivity contribution is 5.79. The summed E-state index contributed by atoms with van der Waals surface area (Å²) < 4.78 is 0. The number of nitrogens with zero attached hydrogens (tertiary/aromatic N) is 2. The Morgan fingerprint density at radius 1 is 1.22 bits per heavy atom. The van der Waals surface area contributed by atoms with E-state index < -0.39 is 0 Å². The molecule has 1 aromatic carbocycles. The second kappa shape index (κ2) is 8.89. The molecule has 1 aliphatic rings. The smallest absolute Gasteiger partial charge is 0.191 e. The summed E-state index contributed by atoms with van der Waals surface area (Å²) in [7, 11) is 1.79. The molecular formula is C18H30N4O. The maximum Gasteiger partial charge on any atom is 0.191 e. The van der Waals surface area contributed by atoms with Crippen LogP contribution in [0.15, 0.2) is 29.3 Å². The monoisotopic (exact) mass is 318 g/mol. The highest BCUT2D eigenvalue weighted by Gasteiger charge is 2.16. The molecule has 0 spiro atoms. The fourth-order valence-electron chi connectivity index (χ4n) is 2.75. The second-order valence-electron chi connectivity index (χ2n) is 6.55. The van der Waals surface area contributed by atoms with Crippen molar-refractivity contribution >= 4 is 5.96 Å². The van der Waals surface area contributed by atoms with Gasteiger partial charge in [0.2, 0.25) is 0 Å². The van der Waals surface area contributed by atoms with E-state index in [1.165, 1.54) is 11.1 Å². The molecule has 5 nitrogen and oxygen atoms in total. The van der Waals surface area contributed by atoms with Gasteiger partial charge in [0.1, 0.15) is 0 Å². The van der Waals surface area contributed by atoms with Crippen molar-refractivity contribution in [2.75, 3.05) is 20.1 Å². The predicted molar refractivity (Wildman–Crippen MR) is 95.4 cm³/mol. The zero-order chi connectivity index (χ0) is 16.7. The Kier molecular flexibility index (Phi) is 6.86. The van der Waals surface area contributed by atoms with Gasteiger partial charge >= 0.3 is 0 Å². The van der Waals surface area contributed by atoms with Crippen LogP contribution in [0, 0.1) is 0 Å². The van der Waals surface area contributed by atoms with E-state index in [4.69, 9.17) is 0 Å². The molecule has 0 unspecified atom stereocenters. The number of nitrogens with one attached hydrogen (secondary N) is 2. The van der Waals surface area contributed by atoms with Crippen molar-refractivity contribution in [2.24, 2.45) is 4.99 Å². The predicted octanol–water partition coefficient (Wildman–Crippen LogP) is 1.72. The summed E-state index contributed by atoms with van der Waals surface area (Å²) in [6.07, 6.45) is 1.68.